The lowest BCUT2D eigenvalue weighted by Crippen LogP contribution is -2.22. The molecule has 0 fully saturated rings. The van der Waals surface area contributed by atoms with E-state index in [4.69, 9.17) is 16.0 Å². The number of nitrogens with one attached hydrogen (secondary N) is 1. The Morgan fingerprint density at radius 2 is 2.04 bits per heavy atom. The monoisotopic (exact) mass is 390 g/mol. The van der Waals surface area contributed by atoms with E-state index in [1.165, 1.54) is 11.8 Å². The van der Waals surface area contributed by atoms with Crippen molar-refractivity contribution in [2.75, 3.05) is 5.32 Å². The quantitative estimate of drug-likeness (QED) is 0.620. The van der Waals surface area contributed by atoms with Crippen LogP contribution >= 0.6 is 23.4 Å². The highest BCUT2D eigenvalue weighted by Crippen LogP contribution is 2.29. The average molecular weight is 391 g/mol. The normalized spacial score (nSPS) is 12.2. The van der Waals surface area contributed by atoms with Gasteiger partial charge in [0.15, 0.2) is 11.0 Å². The van der Waals surface area contributed by atoms with Crippen molar-refractivity contribution < 1.29 is 9.21 Å². The van der Waals surface area contributed by atoms with E-state index in [1.807, 2.05) is 31.4 Å². The van der Waals surface area contributed by atoms with E-state index in [-0.39, 0.29) is 11.2 Å². The third-order valence-corrected chi connectivity index (χ3v) is 5.23. The summed E-state index contributed by atoms with van der Waals surface area (Å²) in [4.78, 5) is 12.5. The Kier molecular flexibility index (Phi) is 5.68. The molecule has 0 bridgehead atoms. The van der Waals surface area contributed by atoms with Crippen molar-refractivity contribution in [1.29, 1.82) is 0 Å². The molecule has 6 nitrogen and oxygen atoms in total. The molecule has 2 aromatic heterocycles. The highest BCUT2D eigenvalue weighted by molar-refractivity contribution is 8.00. The van der Waals surface area contributed by atoms with E-state index >= 15 is 0 Å². The zero-order valence-corrected chi connectivity index (χ0v) is 16.3. The molecule has 0 spiro atoms. The Morgan fingerprint density at radius 1 is 1.31 bits per heavy atom. The smallest absolute Gasteiger partial charge is 0.237 e. The SMILES string of the molecule is CCn1c(S[C@H](C)C(=O)Nc2ccc(Cl)cc2)nnc1-c1ccoc1C. The number of furan rings is 1. The molecule has 26 heavy (non-hydrogen) atoms. The topological polar surface area (TPSA) is 73.0 Å². The van der Waals surface area contributed by atoms with Crippen molar-refractivity contribution in [3.8, 4) is 11.4 Å². The van der Waals surface area contributed by atoms with Crippen LogP contribution in [0.25, 0.3) is 11.4 Å². The molecule has 0 radical (unpaired) electrons. The molecule has 0 aliphatic rings. The van der Waals surface area contributed by atoms with Gasteiger partial charge in [-0.2, -0.15) is 0 Å². The van der Waals surface area contributed by atoms with Crippen LogP contribution in [0.4, 0.5) is 5.69 Å². The maximum atomic E-state index is 12.5. The molecule has 3 rings (SSSR count). The molecular formula is C18H19ClN4O2S. The van der Waals surface area contributed by atoms with Crippen molar-refractivity contribution >= 4 is 35.0 Å². The van der Waals surface area contributed by atoms with Crippen molar-refractivity contribution in [3.05, 3.63) is 47.4 Å². The van der Waals surface area contributed by atoms with Crippen LogP contribution in [0.2, 0.25) is 5.02 Å². The summed E-state index contributed by atoms with van der Waals surface area (Å²) < 4.78 is 7.34. The summed E-state index contributed by atoms with van der Waals surface area (Å²) in [6.07, 6.45) is 1.63. The number of halogens is 1. The van der Waals surface area contributed by atoms with Crippen molar-refractivity contribution in [2.24, 2.45) is 0 Å². The molecule has 1 amide bonds. The first-order valence-electron chi connectivity index (χ1n) is 8.20. The first kappa shape index (κ1) is 18.5. The van der Waals surface area contributed by atoms with E-state index in [0.29, 0.717) is 22.4 Å². The largest absolute Gasteiger partial charge is 0.469 e. The van der Waals surface area contributed by atoms with E-state index in [2.05, 4.69) is 15.5 Å². The van der Waals surface area contributed by atoms with Gasteiger partial charge in [0.2, 0.25) is 5.91 Å². The number of carbonyl (C=O) groups is 1. The van der Waals surface area contributed by atoms with Crippen LogP contribution in [-0.4, -0.2) is 25.9 Å². The fourth-order valence-corrected chi connectivity index (χ4v) is 3.50. The summed E-state index contributed by atoms with van der Waals surface area (Å²) in [5.74, 6) is 1.42. The summed E-state index contributed by atoms with van der Waals surface area (Å²) in [6, 6.07) is 8.89. The number of aryl methyl sites for hydroxylation is 1. The zero-order chi connectivity index (χ0) is 18.7. The predicted octanol–water partition coefficient (Wildman–Crippen LogP) is 4.64. The molecule has 8 heteroatoms. The molecule has 0 unspecified atom stereocenters. The Balaban J connectivity index is 1.74. The molecule has 1 N–H and O–H groups in total. The van der Waals surface area contributed by atoms with Gasteiger partial charge in [0.05, 0.1) is 17.1 Å². The maximum absolute atomic E-state index is 12.5. The van der Waals surface area contributed by atoms with Crippen LogP contribution in [0.1, 0.15) is 19.6 Å². The number of rotatable bonds is 6. The number of amides is 1. The van der Waals surface area contributed by atoms with Gasteiger partial charge >= 0.3 is 0 Å². The minimum absolute atomic E-state index is 0.107. The van der Waals surface area contributed by atoms with Gasteiger partial charge in [0.1, 0.15) is 5.76 Å². The van der Waals surface area contributed by atoms with Crippen LogP contribution in [0, 0.1) is 6.92 Å². The summed E-state index contributed by atoms with van der Waals surface area (Å²) in [5, 5.41) is 12.4. The lowest BCUT2D eigenvalue weighted by atomic mass is 10.2. The second-order valence-corrected chi connectivity index (χ2v) is 7.44. The number of thioether (sulfide) groups is 1. The lowest BCUT2D eigenvalue weighted by molar-refractivity contribution is -0.115. The van der Waals surface area contributed by atoms with Gasteiger partial charge in [-0.3, -0.25) is 4.79 Å². The molecule has 0 saturated carbocycles. The van der Waals surface area contributed by atoms with Gasteiger partial charge in [0, 0.05) is 17.3 Å². The second kappa shape index (κ2) is 7.97. The number of aromatic nitrogens is 3. The van der Waals surface area contributed by atoms with E-state index in [0.717, 1.165) is 17.1 Å². The second-order valence-electron chi connectivity index (χ2n) is 5.70. The van der Waals surface area contributed by atoms with Crippen LogP contribution in [0.5, 0.6) is 0 Å². The number of carbonyl (C=O) groups excluding carboxylic acids is 1. The van der Waals surface area contributed by atoms with Crippen LogP contribution in [0.15, 0.2) is 46.2 Å². The third-order valence-electron chi connectivity index (χ3n) is 3.90. The number of hydrogen-bond acceptors (Lipinski definition) is 5. The van der Waals surface area contributed by atoms with Gasteiger partial charge < -0.3 is 14.3 Å². The minimum atomic E-state index is -0.335. The van der Waals surface area contributed by atoms with Crippen molar-refractivity contribution in [3.63, 3.8) is 0 Å². The fraction of sp³-hybridized carbons (Fsp3) is 0.278. The molecule has 0 aliphatic heterocycles. The van der Waals surface area contributed by atoms with Crippen molar-refractivity contribution in [2.45, 2.75) is 37.7 Å². The van der Waals surface area contributed by atoms with E-state index in [1.54, 1.807) is 30.5 Å². The van der Waals surface area contributed by atoms with E-state index < -0.39 is 0 Å². The highest BCUT2D eigenvalue weighted by atomic mass is 35.5. The summed E-state index contributed by atoms with van der Waals surface area (Å²) in [5.41, 5.74) is 1.61. The predicted molar refractivity (Wildman–Crippen MR) is 104 cm³/mol. The minimum Gasteiger partial charge on any atom is -0.469 e. The number of hydrogen-bond donors (Lipinski definition) is 1. The lowest BCUT2D eigenvalue weighted by Gasteiger charge is -2.12. The Bertz CT molecular complexity index is 904. The Hall–Kier alpha value is -2.25. The molecule has 136 valence electrons. The van der Waals surface area contributed by atoms with Crippen LogP contribution in [0.3, 0.4) is 0 Å². The summed E-state index contributed by atoms with van der Waals surface area (Å²) in [6.45, 7) is 6.44. The Morgan fingerprint density at radius 3 is 2.65 bits per heavy atom. The fourth-order valence-electron chi connectivity index (χ4n) is 2.47. The van der Waals surface area contributed by atoms with Gasteiger partial charge in [-0.15, -0.1) is 10.2 Å². The van der Waals surface area contributed by atoms with Gasteiger partial charge in [-0.05, 0) is 51.1 Å². The highest BCUT2D eigenvalue weighted by Gasteiger charge is 2.21. The zero-order valence-electron chi connectivity index (χ0n) is 14.7. The molecule has 0 saturated heterocycles. The molecule has 1 aromatic carbocycles. The number of anilines is 1. The Labute approximate surface area is 160 Å². The third kappa shape index (κ3) is 3.94. The van der Waals surface area contributed by atoms with Crippen LogP contribution in [-0.2, 0) is 11.3 Å². The maximum Gasteiger partial charge on any atom is 0.237 e. The summed E-state index contributed by atoms with van der Waals surface area (Å²) >= 11 is 7.24. The number of nitrogens with zero attached hydrogens (tertiary/aromatic N) is 3. The van der Waals surface area contributed by atoms with Gasteiger partial charge in [-0.1, -0.05) is 23.4 Å². The average Bonchev–Trinajstić information content (AvgIpc) is 3.22. The standard InChI is InChI=1S/C18H19ClN4O2S/c1-4-23-16(15-9-10-25-11(15)2)21-22-18(23)26-12(3)17(24)20-14-7-5-13(19)6-8-14/h5-10,12H,4H2,1-3H3,(H,20,24)/t12-/m1/s1. The first-order chi connectivity index (χ1) is 12.5. The van der Waals surface area contributed by atoms with E-state index in [9.17, 15) is 4.79 Å². The number of benzene rings is 1. The molecule has 3 aromatic rings. The van der Waals surface area contributed by atoms with Gasteiger partial charge in [0.25, 0.3) is 0 Å². The molecular weight excluding hydrogens is 372 g/mol. The first-order valence-corrected chi connectivity index (χ1v) is 9.46. The van der Waals surface area contributed by atoms with Crippen LogP contribution < -0.4 is 5.32 Å². The van der Waals surface area contributed by atoms with Crippen molar-refractivity contribution in [1.82, 2.24) is 14.8 Å². The molecule has 2 heterocycles. The molecule has 0 aliphatic carbocycles. The van der Waals surface area contributed by atoms with Gasteiger partial charge in [-0.25, -0.2) is 0 Å². The molecule has 1 atom stereocenters. The summed E-state index contributed by atoms with van der Waals surface area (Å²) in [7, 11) is 0.